The van der Waals surface area contributed by atoms with E-state index in [9.17, 15) is 18.8 Å². The van der Waals surface area contributed by atoms with E-state index in [0.717, 1.165) is 29.7 Å². The van der Waals surface area contributed by atoms with Gasteiger partial charge >= 0.3 is 5.97 Å². The summed E-state index contributed by atoms with van der Waals surface area (Å²) in [4.78, 5) is 37.1. The van der Waals surface area contributed by atoms with Crippen LogP contribution in [0.2, 0.25) is 0 Å². The summed E-state index contributed by atoms with van der Waals surface area (Å²) in [6, 6.07) is 14.5. The van der Waals surface area contributed by atoms with E-state index in [1.807, 2.05) is 30.3 Å². The Balaban J connectivity index is 1.41. The number of aromatic nitrogens is 2. The van der Waals surface area contributed by atoms with Gasteiger partial charge in [0, 0.05) is 11.3 Å². The summed E-state index contributed by atoms with van der Waals surface area (Å²) in [5, 5.41) is 7.02. The molecule has 1 aromatic heterocycles. The van der Waals surface area contributed by atoms with Gasteiger partial charge in [0.2, 0.25) is 0 Å². The Morgan fingerprint density at radius 2 is 1.82 bits per heavy atom. The summed E-state index contributed by atoms with van der Waals surface area (Å²) in [5.41, 5.74) is 3.40. The van der Waals surface area contributed by atoms with Crippen LogP contribution in [0, 0.1) is 5.82 Å². The van der Waals surface area contributed by atoms with E-state index < -0.39 is 24.5 Å². The fraction of sp³-hybridized carbons (Fsp3) is 0.280. The number of ether oxygens (including phenoxy) is 1. The number of ketones is 1. The van der Waals surface area contributed by atoms with E-state index in [2.05, 4.69) is 10.4 Å². The highest BCUT2D eigenvalue weighted by Gasteiger charge is 2.28. The summed E-state index contributed by atoms with van der Waals surface area (Å²) in [5.74, 6) is -1.81. The Kier molecular flexibility index (Phi) is 6.63. The van der Waals surface area contributed by atoms with Crippen LogP contribution in [0.5, 0.6) is 0 Å². The molecule has 8 heteroatoms. The molecule has 0 radical (unpaired) electrons. The lowest BCUT2D eigenvalue weighted by atomic mass is 10.0. The van der Waals surface area contributed by atoms with Gasteiger partial charge in [0.1, 0.15) is 5.82 Å². The number of nitrogens with zero attached hydrogens (tertiary/aromatic N) is 2. The van der Waals surface area contributed by atoms with Gasteiger partial charge in [-0.05, 0) is 62.4 Å². The highest BCUT2D eigenvalue weighted by Crippen LogP contribution is 2.28. The number of amides is 1. The van der Waals surface area contributed by atoms with E-state index in [0.29, 0.717) is 18.5 Å². The fourth-order valence-corrected chi connectivity index (χ4v) is 3.98. The van der Waals surface area contributed by atoms with Crippen LogP contribution in [0.15, 0.2) is 54.6 Å². The van der Waals surface area contributed by atoms with Crippen molar-refractivity contribution in [2.75, 3.05) is 6.61 Å². The number of halogens is 1. The van der Waals surface area contributed by atoms with Gasteiger partial charge < -0.3 is 10.1 Å². The highest BCUT2D eigenvalue weighted by molar-refractivity contribution is 5.92. The molecular weight excluding hydrogens is 425 g/mol. The van der Waals surface area contributed by atoms with Gasteiger partial charge in [-0.2, -0.15) is 5.10 Å². The molecule has 2 aromatic carbocycles. The first kappa shape index (κ1) is 22.4. The van der Waals surface area contributed by atoms with Crippen LogP contribution in [-0.4, -0.2) is 40.1 Å². The average molecular weight is 449 g/mol. The normalized spacial score (nSPS) is 13.3. The van der Waals surface area contributed by atoms with Crippen molar-refractivity contribution < 1.29 is 23.5 Å². The van der Waals surface area contributed by atoms with E-state index in [-0.39, 0.29) is 17.3 Å². The second kappa shape index (κ2) is 9.77. The standard InChI is InChI=1S/C25H24FN3O4/c1-16(30)21(14-17-6-3-2-4-7-17)27-23(31)15-33-25(32)24-20-8-5-9-22(20)29(28-24)19-12-10-18(26)11-13-19/h2-4,6-7,10-13,21H,5,8-9,14-15H2,1H3,(H,27,31). The molecule has 1 aliphatic rings. The molecule has 1 atom stereocenters. The number of carbonyl (C=O) groups is 3. The molecule has 0 saturated carbocycles. The zero-order valence-electron chi connectivity index (χ0n) is 18.2. The Morgan fingerprint density at radius 1 is 1.09 bits per heavy atom. The van der Waals surface area contributed by atoms with Crippen molar-refractivity contribution in [1.29, 1.82) is 0 Å². The molecule has 1 amide bonds. The predicted molar refractivity (Wildman–Crippen MR) is 119 cm³/mol. The summed E-state index contributed by atoms with van der Waals surface area (Å²) < 4.78 is 20.1. The Hall–Kier alpha value is -3.81. The van der Waals surface area contributed by atoms with Crippen molar-refractivity contribution in [2.45, 2.75) is 38.6 Å². The third-order valence-electron chi connectivity index (χ3n) is 5.64. The molecule has 0 spiro atoms. The molecule has 1 aliphatic carbocycles. The fourth-order valence-electron chi connectivity index (χ4n) is 3.98. The monoisotopic (exact) mass is 449 g/mol. The van der Waals surface area contributed by atoms with E-state index in [4.69, 9.17) is 4.74 Å². The molecule has 0 fully saturated rings. The first-order valence-corrected chi connectivity index (χ1v) is 10.8. The van der Waals surface area contributed by atoms with Gasteiger partial charge in [-0.3, -0.25) is 9.59 Å². The molecule has 1 heterocycles. The Morgan fingerprint density at radius 3 is 2.52 bits per heavy atom. The Bertz CT molecular complexity index is 1170. The van der Waals surface area contributed by atoms with Crippen LogP contribution in [0.25, 0.3) is 5.69 Å². The summed E-state index contributed by atoms with van der Waals surface area (Å²) in [6.45, 7) is 0.890. The maximum Gasteiger partial charge on any atom is 0.359 e. The van der Waals surface area contributed by atoms with Crippen LogP contribution in [-0.2, 0) is 33.6 Å². The van der Waals surface area contributed by atoms with Crippen molar-refractivity contribution >= 4 is 17.7 Å². The first-order valence-electron chi connectivity index (χ1n) is 10.8. The van der Waals surface area contributed by atoms with E-state index in [1.165, 1.54) is 19.1 Å². The molecule has 4 rings (SSSR count). The Labute approximate surface area is 190 Å². The van der Waals surface area contributed by atoms with Crippen molar-refractivity contribution in [3.05, 3.63) is 82.9 Å². The number of hydrogen-bond acceptors (Lipinski definition) is 5. The number of esters is 1. The van der Waals surface area contributed by atoms with Gasteiger partial charge in [-0.15, -0.1) is 0 Å². The second-order valence-corrected chi connectivity index (χ2v) is 8.01. The zero-order valence-corrected chi connectivity index (χ0v) is 18.2. The second-order valence-electron chi connectivity index (χ2n) is 8.01. The molecule has 3 aromatic rings. The van der Waals surface area contributed by atoms with Gasteiger partial charge in [0.15, 0.2) is 18.1 Å². The maximum absolute atomic E-state index is 13.3. The van der Waals surface area contributed by atoms with Crippen LogP contribution in [0.4, 0.5) is 4.39 Å². The molecule has 170 valence electrons. The largest absolute Gasteiger partial charge is 0.451 e. The van der Waals surface area contributed by atoms with Gasteiger partial charge in [-0.25, -0.2) is 13.9 Å². The minimum atomic E-state index is -0.708. The molecule has 7 nitrogen and oxygen atoms in total. The number of benzene rings is 2. The zero-order chi connectivity index (χ0) is 23.4. The van der Waals surface area contributed by atoms with Crippen molar-refractivity contribution in [2.24, 2.45) is 0 Å². The summed E-state index contributed by atoms with van der Waals surface area (Å²) in [6.07, 6.45) is 2.64. The molecule has 33 heavy (non-hydrogen) atoms. The minimum Gasteiger partial charge on any atom is -0.451 e. The van der Waals surface area contributed by atoms with E-state index >= 15 is 0 Å². The molecular formula is C25H24FN3O4. The van der Waals surface area contributed by atoms with E-state index in [1.54, 1.807) is 16.8 Å². The van der Waals surface area contributed by atoms with Crippen LogP contribution >= 0.6 is 0 Å². The summed E-state index contributed by atoms with van der Waals surface area (Å²) in [7, 11) is 0. The topological polar surface area (TPSA) is 90.3 Å². The lowest BCUT2D eigenvalue weighted by Gasteiger charge is -2.16. The average Bonchev–Trinajstić information content (AvgIpc) is 3.41. The molecule has 1 unspecified atom stereocenters. The molecule has 0 bridgehead atoms. The lowest BCUT2D eigenvalue weighted by Crippen LogP contribution is -2.43. The lowest BCUT2D eigenvalue weighted by molar-refractivity contribution is -0.128. The number of rotatable bonds is 8. The van der Waals surface area contributed by atoms with Gasteiger partial charge in [0.05, 0.1) is 11.7 Å². The number of carbonyl (C=O) groups excluding carboxylic acids is 3. The van der Waals surface area contributed by atoms with Crippen LogP contribution in [0.1, 0.15) is 40.7 Å². The maximum atomic E-state index is 13.3. The third kappa shape index (κ3) is 5.16. The predicted octanol–water partition coefficient (Wildman–Crippen LogP) is 2.97. The smallest absolute Gasteiger partial charge is 0.359 e. The van der Waals surface area contributed by atoms with Gasteiger partial charge in [-0.1, -0.05) is 30.3 Å². The highest BCUT2D eigenvalue weighted by atomic mass is 19.1. The third-order valence-corrected chi connectivity index (χ3v) is 5.64. The van der Waals surface area contributed by atoms with Crippen LogP contribution in [0.3, 0.4) is 0 Å². The number of fused-ring (bicyclic) bond motifs is 1. The van der Waals surface area contributed by atoms with Crippen LogP contribution < -0.4 is 5.32 Å². The number of nitrogens with one attached hydrogen (secondary N) is 1. The van der Waals surface area contributed by atoms with Crippen molar-refractivity contribution in [1.82, 2.24) is 15.1 Å². The van der Waals surface area contributed by atoms with Crippen molar-refractivity contribution in [3.63, 3.8) is 0 Å². The first-order chi connectivity index (χ1) is 15.9. The summed E-state index contributed by atoms with van der Waals surface area (Å²) >= 11 is 0. The molecule has 0 saturated heterocycles. The van der Waals surface area contributed by atoms with Gasteiger partial charge in [0.25, 0.3) is 5.91 Å². The van der Waals surface area contributed by atoms with Crippen molar-refractivity contribution in [3.8, 4) is 5.69 Å². The SMILES string of the molecule is CC(=O)C(Cc1ccccc1)NC(=O)COC(=O)c1nn(-c2ccc(F)cc2)c2c1CCC2. The molecule has 1 N–H and O–H groups in total. The number of hydrogen-bond donors (Lipinski definition) is 1. The molecule has 0 aliphatic heterocycles. The quantitative estimate of drug-likeness (QED) is 0.534. The number of Topliss-reactive ketones (excluding diaryl/α,β-unsaturated/α-hetero) is 1. The minimum absolute atomic E-state index is 0.159.